The fourth-order valence-corrected chi connectivity index (χ4v) is 6.12. The predicted octanol–water partition coefficient (Wildman–Crippen LogP) is 3.64. The number of likely N-dealkylation sites (N-methyl/N-ethyl adjacent to an activating group) is 1. The Bertz CT molecular complexity index is 1240. The van der Waals surface area contributed by atoms with Gasteiger partial charge in [-0.15, -0.1) is 5.10 Å². The van der Waals surface area contributed by atoms with Crippen molar-refractivity contribution in [3.63, 3.8) is 0 Å². The van der Waals surface area contributed by atoms with Crippen LogP contribution in [0, 0.1) is 0 Å². The van der Waals surface area contributed by atoms with Gasteiger partial charge in [0.25, 0.3) is 0 Å². The van der Waals surface area contributed by atoms with Crippen molar-refractivity contribution in [3.8, 4) is 11.8 Å². The van der Waals surface area contributed by atoms with Crippen LogP contribution in [0.25, 0.3) is 0 Å². The molecule has 1 N–H and O–H groups in total. The molecule has 1 fully saturated rings. The van der Waals surface area contributed by atoms with Gasteiger partial charge in [0, 0.05) is 49.0 Å². The number of sulfonamides is 1. The van der Waals surface area contributed by atoms with Crippen molar-refractivity contribution in [2.75, 3.05) is 38.1 Å². The van der Waals surface area contributed by atoms with E-state index in [2.05, 4.69) is 53.8 Å². The van der Waals surface area contributed by atoms with E-state index in [-0.39, 0.29) is 4.90 Å². The first-order valence-electron chi connectivity index (χ1n) is 11.2. The molecule has 11 heteroatoms. The number of aromatic nitrogens is 3. The molecule has 2 heterocycles. The molecule has 0 saturated carbocycles. The van der Waals surface area contributed by atoms with Crippen LogP contribution in [-0.2, 0) is 16.6 Å². The number of piperazine rings is 1. The molecule has 1 atom stereocenters. The van der Waals surface area contributed by atoms with Gasteiger partial charge < -0.3 is 14.5 Å². The van der Waals surface area contributed by atoms with Crippen LogP contribution in [0.4, 0.5) is 5.69 Å². The van der Waals surface area contributed by atoms with Gasteiger partial charge in [-0.25, -0.2) is 13.1 Å². The number of nitrogens with one attached hydrogen (secondary N) is 1. The highest BCUT2D eigenvalue weighted by Gasteiger charge is 2.25. The monoisotopic (exact) mass is 548 g/mol. The van der Waals surface area contributed by atoms with E-state index in [1.54, 1.807) is 35.8 Å². The van der Waals surface area contributed by atoms with Crippen molar-refractivity contribution in [3.05, 3.63) is 58.8 Å². The molecular formula is C23H29BrN6O3S. The molecule has 1 aliphatic heterocycles. The van der Waals surface area contributed by atoms with Crippen molar-refractivity contribution in [1.82, 2.24) is 24.4 Å². The Morgan fingerprint density at radius 2 is 1.82 bits per heavy atom. The standard InChI is InChI=1S/C23H29BrN6O3S/c1-4-30-22(17(2)27-34(31,32)21-11-6-5-10-20(21)24)25-26-23(30)33-19-9-7-8-18(16-19)29-14-12-28(3)13-15-29/h5-11,16-17,27H,4,12-15H2,1-3H3/t17-/m1/s1. The van der Waals surface area contributed by atoms with E-state index < -0.39 is 16.1 Å². The number of rotatable bonds is 8. The highest BCUT2D eigenvalue weighted by molar-refractivity contribution is 9.10. The highest BCUT2D eigenvalue weighted by atomic mass is 79.9. The molecule has 0 spiro atoms. The van der Waals surface area contributed by atoms with Gasteiger partial charge in [-0.1, -0.05) is 23.3 Å². The van der Waals surface area contributed by atoms with Crippen molar-refractivity contribution >= 4 is 31.6 Å². The molecule has 4 rings (SSSR count). The lowest BCUT2D eigenvalue weighted by molar-refractivity contribution is 0.312. The molecule has 3 aromatic rings. The van der Waals surface area contributed by atoms with Crippen LogP contribution in [0.15, 0.2) is 57.9 Å². The highest BCUT2D eigenvalue weighted by Crippen LogP contribution is 2.28. The summed E-state index contributed by atoms with van der Waals surface area (Å²) >= 11 is 3.31. The minimum Gasteiger partial charge on any atom is -0.424 e. The van der Waals surface area contributed by atoms with Gasteiger partial charge in [-0.05, 0) is 61.1 Å². The Hall–Kier alpha value is -2.47. The van der Waals surface area contributed by atoms with Gasteiger partial charge in [-0.3, -0.25) is 4.57 Å². The molecule has 2 aromatic carbocycles. The average Bonchev–Trinajstić information content (AvgIpc) is 3.22. The molecule has 1 aliphatic rings. The van der Waals surface area contributed by atoms with E-state index in [1.165, 1.54) is 0 Å². The van der Waals surface area contributed by atoms with Gasteiger partial charge in [0.1, 0.15) is 5.75 Å². The van der Waals surface area contributed by atoms with Crippen LogP contribution in [0.2, 0.25) is 0 Å². The van der Waals surface area contributed by atoms with Crippen LogP contribution in [0.3, 0.4) is 0 Å². The van der Waals surface area contributed by atoms with Crippen LogP contribution >= 0.6 is 15.9 Å². The molecular weight excluding hydrogens is 520 g/mol. The first-order valence-corrected chi connectivity index (χ1v) is 13.5. The zero-order chi connectivity index (χ0) is 24.3. The third kappa shape index (κ3) is 5.43. The maximum absolute atomic E-state index is 12.9. The maximum Gasteiger partial charge on any atom is 0.322 e. The molecule has 9 nitrogen and oxygen atoms in total. The number of hydrogen-bond donors (Lipinski definition) is 1. The van der Waals surface area contributed by atoms with E-state index in [9.17, 15) is 8.42 Å². The molecule has 182 valence electrons. The smallest absolute Gasteiger partial charge is 0.322 e. The zero-order valence-electron chi connectivity index (χ0n) is 19.5. The van der Waals surface area contributed by atoms with E-state index in [1.807, 2.05) is 25.1 Å². The summed E-state index contributed by atoms with van der Waals surface area (Å²) in [5, 5.41) is 8.44. The molecule has 0 radical (unpaired) electrons. The molecule has 0 amide bonds. The Morgan fingerprint density at radius 3 is 2.53 bits per heavy atom. The van der Waals surface area contributed by atoms with Crippen molar-refractivity contribution < 1.29 is 13.2 Å². The predicted molar refractivity (Wildman–Crippen MR) is 135 cm³/mol. The van der Waals surface area contributed by atoms with Gasteiger partial charge in [0.05, 0.1) is 10.9 Å². The van der Waals surface area contributed by atoms with Gasteiger partial charge in [0.15, 0.2) is 5.82 Å². The number of nitrogens with zero attached hydrogens (tertiary/aromatic N) is 5. The fraction of sp³-hybridized carbons (Fsp3) is 0.391. The lowest BCUT2D eigenvalue weighted by Gasteiger charge is -2.34. The number of ether oxygens (including phenoxy) is 1. The summed E-state index contributed by atoms with van der Waals surface area (Å²) in [7, 11) is -1.63. The van der Waals surface area contributed by atoms with Crippen LogP contribution in [0.1, 0.15) is 25.7 Å². The summed E-state index contributed by atoms with van der Waals surface area (Å²) in [5.74, 6) is 1.13. The Morgan fingerprint density at radius 1 is 1.09 bits per heavy atom. The van der Waals surface area contributed by atoms with Gasteiger partial charge in [-0.2, -0.15) is 0 Å². The van der Waals surface area contributed by atoms with Crippen LogP contribution in [-0.4, -0.2) is 61.3 Å². The largest absolute Gasteiger partial charge is 0.424 e. The first-order chi connectivity index (χ1) is 16.3. The summed E-state index contributed by atoms with van der Waals surface area (Å²) in [6, 6.07) is 14.3. The Kier molecular flexibility index (Phi) is 7.56. The van der Waals surface area contributed by atoms with Crippen molar-refractivity contribution in [1.29, 1.82) is 0 Å². The molecule has 34 heavy (non-hydrogen) atoms. The van der Waals surface area contributed by atoms with E-state index in [0.717, 1.165) is 31.9 Å². The number of anilines is 1. The minimum absolute atomic E-state index is 0.168. The summed E-state index contributed by atoms with van der Waals surface area (Å²) in [4.78, 5) is 4.82. The summed E-state index contributed by atoms with van der Waals surface area (Å²) in [6.07, 6.45) is 0. The van der Waals surface area contributed by atoms with Crippen LogP contribution in [0.5, 0.6) is 11.8 Å². The van der Waals surface area contributed by atoms with Crippen molar-refractivity contribution in [2.45, 2.75) is 31.3 Å². The maximum atomic E-state index is 12.9. The fourth-order valence-electron chi connectivity index (χ4n) is 3.92. The zero-order valence-corrected chi connectivity index (χ0v) is 21.9. The van der Waals surface area contributed by atoms with E-state index in [4.69, 9.17) is 4.74 Å². The normalized spacial score (nSPS) is 15.9. The van der Waals surface area contributed by atoms with E-state index >= 15 is 0 Å². The topological polar surface area (TPSA) is 92.6 Å². The third-order valence-electron chi connectivity index (χ3n) is 5.80. The lowest BCUT2D eigenvalue weighted by Crippen LogP contribution is -2.44. The van der Waals surface area contributed by atoms with Gasteiger partial charge in [0.2, 0.25) is 10.0 Å². The SMILES string of the molecule is CCn1c(Oc2cccc(N3CCN(C)CC3)c2)nnc1[C@@H](C)NS(=O)(=O)c1ccccc1Br. The molecule has 0 aliphatic carbocycles. The molecule has 1 aromatic heterocycles. The quantitative estimate of drug-likeness (QED) is 0.459. The molecule has 0 bridgehead atoms. The number of hydrogen-bond acceptors (Lipinski definition) is 7. The minimum atomic E-state index is -3.76. The number of halogens is 1. The summed E-state index contributed by atoms with van der Waals surface area (Å²) < 4.78 is 36.9. The molecule has 1 saturated heterocycles. The Balaban J connectivity index is 1.52. The Labute approximate surface area is 208 Å². The third-order valence-corrected chi connectivity index (χ3v) is 8.36. The second-order valence-electron chi connectivity index (χ2n) is 8.25. The summed E-state index contributed by atoms with van der Waals surface area (Å²) in [5.41, 5.74) is 1.10. The van der Waals surface area contributed by atoms with E-state index in [0.29, 0.717) is 28.6 Å². The second kappa shape index (κ2) is 10.4. The lowest BCUT2D eigenvalue weighted by atomic mass is 10.2. The van der Waals surface area contributed by atoms with Crippen molar-refractivity contribution in [2.24, 2.45) is 0 Å². The first kappa shape index (κ1) is 24.6. The molecule has 0 unspecified atom stereocenters. The van der Waals surface area contributed by atoms with Gasteiger partial charge >= 0.3 is 6.01 Å². The number of benzene rings is 2. The van der Waals surface area contributed by atoms with Crippen LogP contribution < -0.4 is 14.4 Å². The average molecular weight is 549 g/mol. The summed E-state index contributed by atoms with van der Waals surface area (Å²) in [6.45, 7) is 8.17. The second-order valence-corrected chi connectivity index (χ2v) is 10.8.